The number of methoxy groups -OCH3 is 1. The SMILES string of the molecule is COCC(C)(C)C#CC1CN(C(=O)OC(C)(C)C)C1. The molecule has 0 aromatic carbocycles. The van der Waals surface area contributed by atoms with Crippen LogP contribution in [0, 0.1) is 23.2 Å². The van der Waals surface area contributed by atoms with Gasteiger partial charge in [-0.1, -0.05) is 11.8 Å². The van der Waals surface area contributed by atoms with Crippen molar-refractivity contribution in [1.29, 1.82) is 0 Å². The summed E-state index contributed by atoms with van der Waals surface area (Å²) < 4.78 is 10.4. The van der Waals surface area contributed by atoms with Gasteiger partial charge in [0.15, 0.2) is 0 Å². The van der Waals surface area contributed by atoms with Crippen LogP contribution in [0.25, 0.3) is 0 Å². The molecule has 0 spiro atoms. The standard InChI is InChI=1S/C15H25NO3/c1-14(2,3)19-13(17)16-9-12(10-16)7-8-15(4,5)11-18-6/h12H,9-11H2,1-6H3. The van der Waals surface area contributed by atoms with E-state index in [1.165, 1.54) is 0 Å². The predicted octanol–water partition coefficient (Wildman–Crippen LogP) is 2.53. The Labute approximate surface area is 116 Å². The summed E-state index contributed by atoms with van der Waals surface area (Å²) in [5.41, 5.74) is -0.574. The molecule has 1 aliphatic rings. The van der Waals surface area contributed by atoms with Crippen LogP contribution in [0.4, 0.5) is 4.79 Å². The van der Waals surface area contributed by atoms with Crippen molar-refractivity contribution in [3.8, 4) is 11.8 Å². The summed E-state index contributed by atoms with van der Waals surface area (Å²) >= 11 is 0. The molecule has 0 N–H and O–H groups in total. The number of carbonyl (C=O) groups is 1. The normalized spacial score (nSPS) is 16.4. The van der Waals surface area contributed by atoms with Gasteiger partial charge in [-0.05, 0) is 34.6 Å². The molecular weight excluding hydrogens is 242 g/mol. The third kappa shape index (κ3) is 5.52. The lowest BCUT2D eigenvalue weighted by molar-refractivity contribution is 0.00587. The van der Waals surface area contributed by atoms with Crippen LogP contribution in [0.15, 0.2) is 0 Å². The summed E-state index contributed by atoms with van der Waals surface area (Å²) in [7, 11) is 1.68. The second-order valence-electron chi connectivity index (χ2n) is 6.67. The molecule has 0 radical (unpaired) electrons. The second kappa shape index (κ2) is 5.83. The van der Waals surface area contributed by atoms with Crippen LogP contribution in [0.5, 0.6) is 0 Å². The van der Waals surface area contributed by atoms with Gasteiger partial charge in [-0.25, -0.2) is 4.79 Å². The lowest BCUT2D eigenvalue weighted by Gasteiger charge is -2.37. The first kappa shape index (κ1) is 15.8. The van der Waals surface area contributed by atoms with Gasteiger partial charge in [0.1, 0.15) is 5.60 Å². The molecule has 0 atom stereocenters. The van der Waals surface area contributed by atoms with Crippen LogP contribution in [0.3, 0.4) is 0 Å². The maximum absolute atomic E-state index is 11.7. The zero-order valence-corrected chi connectivity index (χ0v) is 12.9. The molecule has 4 heteroatoms. The molecule has 0 aromatic rings. The van der Waals surface area contributed by atoms with E-state index in [2.05, 4.69) is 11.8 Å². The average molecular weight is 267 g/mol. The fraction of sp³-hybridized carbons (Fsp3) is 0.800. The molecule has 1 rings (SSSR count). The van der Waals surface area contributed by atoms with Gasteiger partial charge >= 0.3 is 6.09 Å². The first-order valence-corrected chi connectivity index (χ1v) is 6.62. The molecule has 0 saturated carbocycles. The van der Waals surface area contributed by atoms with Gasteiger partial charge in [0.2, 0.25) is 0 Å². The van der Waals surface area contributed by atoms with Crippen LogP contribution in [0.1, 0.15) is 34.6 Å². The summed E-state index contributed by atoms with van der Waals surface area (Å²) in [5.74, 6) is 6.68. The van der Waals surface area contributed by atoms with Crippen molar-refractivity contribution in [3.05, 3.63) is 0 Å². The molecule has 1 fully saturated rings. The van der Waals surface area contributed by atoms with E-state index in [1.54, 1.807) is 12.0 Å². The summed E-state index contributed by atoms with van der Waals surface area (Å²) in [6.45, 7) is 11.6. The first-order valence-electron chi connectivity index (χ1n) is 6.62. The van der Waals surface area contributed by atoms with E-state index >= 15 is 0 Å². The first-order chi connectivity index (χ1) is 8.63. The van der Waals surface area contributed by atoms with Crippen LogP contribution in [-0.2, 0) is 9.47 Å². The van der Waals surface area contributed by atoms with Crippen molar-refractivity contribution < 1.29 is 14.3 Å². The molecule has 0 aromatic heterocycles. The number of nitrogens with zero attached hydrogens (tertiary/aromatic N) is 1. The van der Waals surface area contributed by atoms with E-state index in [0.29, 0.717) is 19.7 Å². The van der Waals surface area contributed by atoms with Crippen molar-refractivity contribution in [2.75, 3.05) is 26.8 Å². The van der Waals surface area contributed by atoms with Crippen LogP contribution < -0.4 is 0 Å². The molecular formula is C15H25NO3. The lowest BCUT2D eigenvalue weighted by Crippen LogP contribution is -2.51. The molecule has 108 valence electrons. The van der Waals surface area contributed by atoms with Gasteiger partial charge in [0, 0.05) is 25.6 Å². The summed E-state index contributed by atoms with van der Waals surface area (Å²) in [6, 6.07) is 0. The van der Waals surface area contributed by atoms with E-state index in [1.807, 2.05) is 34.6 Å². The molecule has 1 heterocycles. The van der Waals surface area contributed by atoms with Crippen molar-refractivity contribution in [2.45, 2.75) is 40.2 Å². The molecule has 1 amide bonds. The van der Waals surface area contributed by atoms with E-state index in [9.17, 15) is 4.79 Å². The molecule has 0 bridgehead atoms. The van der Waals surface area contributed by atoms with Crippen molar-refractivity contribution in [3.63, 3.8) is 0 Å². The lowest BCUT2D eigenvalue weighted by atomic mass is 9.93. The van der Waals surface area contributed by atoms with E-state index in [0.717, 1.165) is 0 Å². The van der Waals surface area contributed by atoms with Crippen molar-refractivity contribution in [1.82, 2.24) is 4.90 Å². The van der Waals surface area contributed by atoms with Gasteiger partial charge in [0.25, 0.3) is 0 Å². The smallest absolute Gasteiger partial charge is 0.410 e. The quantitative estimate of drug-likeness (QED) is 0.722. The van der Waals surface area contributed by atoms with Crippen molar-refractivity contribution >= 4 is 6.09 Å². The number of rotatable bonds is 2. The zero-order chi connectivity index (χ0) is 14.7. The van der Waals surface area contributed by atoms with E-state index < -0.39 is 5.60 Å². The van der Waals surface area contributed by atoms with Gasteiger partial charge in [0.05, 0.1) is 12.5 Å². The number of ether oxygens (including phenoxy) is 2. The molecule has 0 aliphatic carbocycles. The third-order valence-electron chi connectivity index (χ3n) is 2.65. The fourth-order valence-electron chi connectivity index (χ4n) is 1.74. The molecule has 4 nitrogen and oxygen atoms in total. The number of carbonyl (C=O) groups excluding carboxylic acids is 1. The minimum Gasteiger partial charge on any atom is -0.444 e. The van der Waals surface area contributed by atoms with E-state index in [-0.39, 0.29) is 17.4 Å². The Morgan fingerprint density at radius 2 is 1.84 bits per heavy atom. The highest BCUT2D eigenvalue weighted by molar-refractivity contribution is 5.69. The predicted molar refractivity (Wildman–Crippen MR) is 74.7 cm³/mol. The Hall–Kier alpha value is -1.21. The Kier molecular flexibility index (Phi) is 4.86. The summed E-state index contributed by atoms with van der Waals surface area (Å²) in [6.07, 6.45) is -0.248. The highest BCUT2D eigenvalue weighted by Crippen LogP contribution is 2.20. The highest BCUT2D eigenvalue weighted by atomic mass is 16.6. The third-order valence-corrected chi connectivity index (χ3v) is 2.65. The summed E-state index contributed by atoms with van der Waals surface area (Å²) in [5, 5.41) is 0. The summed E-state index contributed by atoms with van der Waals surface area (Å²) in [4.78, 5) is 13.4. The van der Waals surface area contributed by atoms with Gasteiger partial charge < -0.3 is 14.4 Å². The Bertz CT molecular complexity index is 378. The minimum atomic E-state index is -0.436. The van der Waals surface area contributed by atoms with Crippen molar-refractivity contribution in [2.24, 2.45) is 11.3 Å². The number of amides is 1. The Morgan fingerprint density at radius 3 is 2.32 bits per heavy atom. The monoisotopic (exact) mass is 267 g/mol. The maximum atomic E-state index is 11.7. The van der Waals surface area contributed by atoms with Gasteiger partial charge in [-0.15, -0.1) is 0 Å². The Balaban J connectivity index is 2.39. The molecule has 1 aliphatic heterocycles. The average Bonchev–Trinajstić information content (AvgIpc) is 2.11. The second-order valence-corrected chi connectivity index (χ2v) is 6.67. The zero-order valence-electron chi connectivity index (χ0n) is 12.9. The Morgan fingerprint density at radius 1 is 1.26 bits per heavy atom. The molecule has 1 saturated heterocycles. The van der Waals surface area contributed by atoms with Crippen LogP contribution in [0.2, 0.25) is 0 Å². The topological polar surface area (TPSA) is 38.8 Å². The number of hydrogen-bond donors (Lipinski definition) is 0. The largest absolute Gasteiger partial charge is 0.444 e. The van der Waals surface area contributed by atoms with E-state index in [4.69, 9.17) is 9.47 Å². The van der Waals surface area contributed by atoms with Crippen LogP contribution in [-0.4, -0.2) is 43.4 Å². The maximum Gasteiger partial charge on any atom is 0.410 e. The minimum absolute atomic E-state index is 0.138. The molecule has 0 unspecified atom stereocenters. The number of likely N-dealkylation sites (tertiary alicyclic amines) is 1. The van der Waals surface area contributed by atoms with Crippen LogP contribution >= 0.6 is 0 Å². The fourth-order valence-corrected chi connectivity index (χ4v) is 1.74. The molecule has 19 heavy (non-hydrogen) atoms. The van der Waals surface area contributed by atoms with Gasteiger partial charge in [-0.2, -0.15) is 0 Å². The van der Waals surface area contributed by atoms with Gasteiger partial charge in [-0.3, -0.25) is 0 Å². The number of hydrogen-bond acceptors (Lipinski definition) is 3. The highest BCUT2D eigenvalue weighted by Gasteiger charge is 2.32.